The lowest BCUT2D eigenvalue weighted by Crippen LogP contribution is -2.21. The van der Waals surface area contributed by atoms with Gasteiger partial charge in [-0.15, -0.1) is 11.3 Å². The number of thiophene rings is 1. The van der Waals surface area contributed by atoms with Gasteiger partial charge in [-0.25, -0.2) is 4.79 Å². The highest BCUT2D eigenvalue weighted by molar-refractivity contribution is 7.12. The fourth-order valence-corrected chi connectivity index (χ4v) is 4.06. The topological polar surface area (TPSA) is 63.6 Å². The van der Waals surface area contributed by atoms with E-state index >= 15 is 0 Å². The molecule has 0 unspecified atom stereocenters. The number of nitrogens with one attached hydrogen (secondary N) is 1. The van der Waals surface area contributed by atoms with Crippen LogP contribution in [0.4, 0.5) is 11.4 Å². The second-order valence-electron chi connectivity index (χ2n) is 6.59. The van der Waals surface area contributed by atoms with E-state index in [1.165, 1.54) is 24.2 Å². The first kappa shape index (κ1) is 18.3. The summed E-state index contributed by atoms with van der Waals surface area (Å²) >= 11 is 1.29. The molecule has 1 amide bonds. The highest BCUT2D eigenvalue weighted by atomic mass is 32.1. The Morgan fingerprint density at radius 3 is 2.46 bits per heavy atom. The summed E-state index contributed by atoms with van der Waals surface area (Å²) < 4.78 is 7.04. The summed E-state index contributed by atoms with van der Waals surface area (Å²) in [4.78, 5) is 27.3. The van der Waals surface area contributed by atoms with E-state index in [1.54, 1.807) is 0 Å². The van der Waals surface area contributed by atoms with Crippen molar-refractivity contribution in [3.8, 4) is 5.69 Å². The van der Waals surface area contributed by atoms with E-state index < -0.39 is 5.97 Å². The van der Waals surface area contributed by atoms with Crippen LogP contribution in [0.3, 0.4) is 0 Å². The van der Waals surface area contributed by atoms with Crippen molar-refractivity contribution in [1.29, 1.82) is 0 Å². The molecular formula is C21H21N3O3S. The van der Waals surface area contributed by atoms with E-state index in [4.69, 9.17) is 4.74 Å². The Balaban J connectivity index is 1.31. The summed E-state index contributed by atoms with van der Waals surface area (Å²) in [6, 6.07) is 13.4. The zero-order valence-corrected chi connectivity index (χ0v) is 16.2. The number of rotatable bonds is 6. The molecule has 1 fully saturated rings. The first-order chi connectivity index (χ1) is 13.7. The van der Waals surface area contributed by atoms with Crippen LogP contribution in [0, 0.1) is 0 Å². The van der Waals surface area contributed by atoms with Crippen molar-refractivity contribution in [2.24, 2.45) is 0 Å². The van der Waals surface area contributed by atoms with Gasteiger partial charge in [0.25, 0.3) is 5.91 Å². The smallest absolute Gasteiger partial charge is 0.350 e. The molecule has 4 rings (SSSR count). The van der Waals surface area contributed by atoms with Gasteiger partial charge in [-0.3, -0.25) is 4.79 Å². The van der Waals surface area contributed by atoms with Crippen LogP contribution in [0.25, 0.3) is 5.69 Å². The molecule has 1 N–H and O–H groups in total. The number of carbonyl (C=O) groups excluding carboxylic acids is 2. The van der Waals surface area contributed by atoms with Crippen LogP contribution in [-0.4, -0.2) is 36.1 Å². The Morgan fingerprint density at radius 2 is 1.75 bits per heavy atom. The molecule has 0 radical (unpaired) electrons. The number of hydrogen-bond acceptors (Lipinski definition) is 5. The molecule has 1 saturated heterocycles. The fraction of sp³-hybridized carbons (Fsp3) is 0.238. The minimum Gasteiger partial charge on any atom is -0.451 e. The highest BCUT2D eigenvalue weighted by Gasteiger charge is 2.17. The maximum Gasteiger partial charge on any atom is 0.350 e. The number of amides is 1. The summed E-state index contributed by atoms with van der Waals surface area (Å²) in [5.74, 6) is -0.862. The van der Waals surface area contributed by atoms with Gasteiger partial charge < -0.3 is 19.5 Å². The van der Waals surface area contributed by atoms with Crippen molar-refractivity contribution in [2.75, 3.05) is 29.9 Å². The summed E-state index contributed by atoms with van der Waals surface area (Å²) in [5.41, 5.74) is 2.60. The minimum absolute atomic E-state index is 0.324. The molecule has 0 bridgehead atoms. The molecule has 7 heteroatoms. The largest absolute Gasteiger partial charge is 0.451 e. The van der Waals surface area contributed by atoms with Crippen molar-refractivity contribution < 1.29 is 14.3 Å². The van der Waals surface area contributed by atoms with Crippen LogP contribution >= 0.6 is 11.3 Å². The van der Waals surface area contributed by atoms with Crippen molar-refractivity contribution in [3.05, 3.63) is 65.1 Å². The molecule has 2 aromatic heterocycles. The molecule has 1 aliphatic heterocycles. The molecule has 6 nitrogen and oxygen atoms in total. The van der Waals surface area contributed by atoms with Crippen molar-refractivity contribution in [2.45, 2.75) is 12.8 Å². The number of esters is 1. The quantitative estimate of drug-likeness (QED) is 0.642. The molecule has 1 aliphatic rings. The maximum atomic E-state index is 12.4. The Hall–Kier alpha value is -3.06. The number of aromatic nitrogens is 1. The maximum absolute atomic E-state index is 12.4. The normalized spacial score (nSPS) is 13.5. The Morgan fingerprint density at radius 1 is 1.04 bits per heavy atom. The van der Waals surface area contributed by atoms with Crippen LogP contribution in [0.1, 0.15) is 22.5 Å². The number of hydrogen-bond donors (Lipinski definition) is 1. The van der Waals surface area contributed by atoms with E-state index in [0.717, 1.165) is 24.5 Å². The van der Waals surface area contributed by atoms with Gasteiger partial charge in [-0.05, 0) is 60.7 Å². The first-order valence-corrected chi connectivity index (χ1v) is 10.1. The van der Waals surface area contributed by atoms with Gasteiger partial charge in [0.1, 0.15) is 4.88 Å². The predicted molar refractivity (Wildman–Crippen MR) is 110 cm³/mol. The predicted octanol–water partition coefficient (Wildman–Crippen LogP) is 3.93. The monoisotopic (exact) mass is 395 g/mol. The molecule has 0 atom stereocenters. The van der Waals surface area contributed by atoms with Crippen molar-refractivity contribution in [1.82, 2.24) is 4.57 Å². The van der Waals surface area contributed by atoms with E-state index in [0.29, 0.717) is 10.6 Å². The van der Waals surface area contributed by atoms with Crippen LogP contribution in [0.2, 0.25) is 0 Å². The van der Waals surface area contributed by atoms with Crippen molar-refractivity contribution >= 4 is 34.6 Å². The van der Waals surface area contributed by atoms with E-state index in [1.807, 2.05) is 64.8 Å². The van der Waals surface area contributed by atoms with E-state index in [9.17, 15) is 9.59 Å². The van der Waals surface area contributed by atoms with Crippen LogP contribution < -0.4 is 10.2 Å². The average molecular weight is 395 g/mol. The molecule has 144 valence electrons. The van der Waals surface area contributed by atoms with E-state index in [2.05, 4.69) is 10.2 Å². The van der Waals surface area contributed by atoms with Gasteiger partial charge in [-0.1, -0.05) is 0 Å². The van der Waals surface area contributed by atoms with Crippen molar-refractivity contribution in [3.63, 3.8) is 0 Å². The second kappa shape index (κ2) is 8.31. The third kappa shape index (κ3) is 4.09. The third-order valence-electron chi connectivity index (χ3n) is 4.67. The first-order valence-electron chi connectivity index (χ1n) is 9.23. The summed E-state index contributed by atoms with van der Waals surface area (Å²) in [5, 5.41) is 4.59. The number of carbonyl (C=O) groups is 2. The molecule has 0 spiro atoms. The van der Waals surface area contributed by atoms with Gasteiger partial charge in [0.2, 0.25) is 0 Å². The Labute approximate surface area is 167 Å². The molecule has 0 saturated carbocycles. The minimum atomic E-state index is -0.502. The number of nitrogens with zero attached hydrogens (tertiary/aromatic N) is 2. The summed E-state index contributed by atoms with van der Waals surface area (Å²) in [6.45, 7) is 1.83. The second-order valence-corrected chi connectivity index (χ2v) is 7.51. The number of benzene rings is 1. The zero-order valence-electron chi connectivity index (χ0n) is 15.3. The Kier molecular flexibility index (Phi) is 5.43. The van der Waals surface area contributed by atoms with Gasteiger partial charge in [0.05, 0.1) is 5.69 Å². The molecule has 0 aliphatic carbocycles. The lowest BCUT2D eigenvalue weighted by molar-refractivity contribution is -0.119. The number of ether oxygens (including phenoxy) is 1. The van der Waals surface area contributed by atoms with E-state index in [-0.39, 0.29) is 12.5 Å². The lowest BCUT2D eigenvalue weighted by atomic mass is 10.2. The Bertz CT molecular complexity index is 942. The zero-order chi connectivity index (χ0) is 19.3. The standard InChI is InChI=1S/C21H21N3O3S/c25-19(22-16-5-7-17(8-6-16)23-10-1-2-11-23)15-27-21(26)20-18(9-14-28-20)24-12-3-4-13-24/h3-9,12-14H,1-2,10-11,15H2,(H,22,25). The van der Waals surface area contributed by atoms with Gasteiger partial charge in [0, 0.05) is 36.9 Å². The molecule has 3 aromatic rings. The van der Waals surface area contributed by atoms with Crippen LogP contribution in [-0.2, 0) is 9.53 Å². The highest BCUT2D eigenvalue weighted by Crippen LogP contribution is 2.23. The third-order valence-corrected chi connectivity index (χ3v) is 5.55. The van der Waals surface area contributed by atoms with Gasteiger partial charge in [0.15, 0.2) is 6.61 Å². The van der Waals surface area contributed by atoms with Crippen LogP contribution in [0.15, 0.2) is 60.2 Å². The molecule has 1 aromatic carbocycles. The lowest BCUT2D eigenvalue weighted by Gasteiger charge is -2.17. The number of anilines is 2. The van der Waals surface area contributed by atoms with Gasteiger partial charge >= 0.3 is 5.97 Å². The SMILES string of the molecule is O=C(COC(=O)c1sccc1-n1cccc1)Nc1ccc(N2CCCC2)cc1. The summed E-state index contributed by atoms with van der Waals surface area (Å²) in [7, 11) is 0. The summed E-state index contributed by atoms with van der Waals surface area (Å²) in [6.07, 6.45) is 6.16. The average Bonchev–Trinajstić information content (AvgIpc) is 3.48. The fourth-order valence-electron chi connectivity index (χ4n) is 3.28. The molecule has 3 heterocycles. The molecule has 28 heavy (non-hydrogen) atoms. The van der Waals surface area contributed by atoms with Gasteiger partial charge in [-0.2, -0.15) is 0 Å². The van der Waals surface area contributed by atoms with Crippen LogP contribution in [0.5, 0.6) is 0 Å². The molecular weight excluding hydrogens is 374 g/mol.